The Morgan fingerprint density at radius 3 is 2.43 bits per heavy atom. The van der Waals surface area contributed by atoms with E-state index in [-0.39, 0.29) is 0 Å². The summed E-state index contributed by atoms with van der Waals surface area (Å²) >= 11 is 0. The van der Waals surface area contributed by atoms with Crippen molar-refractivity contribution < 1.29 is 0 Å². The van der Waals surface area contributed by atoms with E-state index in [1.54, 1.807) is 0 Å². The van der Waals surface area contributed by atoms with E-state index in [1.807, 2.05) is 12.1 Å². The van der Waals surface area contributed by atoms with Crippen molar-refractivity contribution in [2.45, 2.75) is 64.2 Å². The Morgan fingerprint density at radius 1 is 1.10 bits per heavy atom. The van der Waals surface area contributed by atoms with Gasteiger partial charge in [-0.15, -0.1) is 0 Å². The van der Waals surface area contributed by atoms with E-state index in [9.17, 15) is 0 Å². The normalized spacial score (nSPS) is 22.3. The first-order chi connectivity index (χ1) is 10.3. The number of hydrogen-bond acceptors (Lipinski definition) is 1. The summed E-state index contributed by atoms with van der Waals surface area (Å²) in [6.07, 6.45) is 15.3. The van der Waals surface area contributed by atoms with Crippen LogP contribution < -0.4 is 0 Å². The van der Waals surface area contributed by atoms with Crippen LogP contribution in [0.1, 0.15) is 75.3 Å². The fraction of sp³-hybridized carbons (Fsp3) is 0.550. The van der Waals surface area contributed by atoms with E-state index in [0.29, 0.717) is 5.92 Å². The molecule has 1 aromatic carbocycles. The van der Waals surface area contributed by atoms with Crippen molar-refractivity contribution in [2.75, 3.05) is 0 Å². The van der Waals surface area contributed by atoms with Crippen molar-refractivity contribution >= 4 is 0 Å². The summed E-state index contributed by atoms with van der Waals surface area (Å²) in [4.78, 5) is 0. The number of rotatable bonds is 6. The van der Waals surface area contributed by atoms with Crippen molar-refractivity contribution in [2.24, 2.45) is 5.92 Å². The van der Waals surface area contributed by atoms with Crippen LogP contribution in [0, 0.1) is 17.2 Å². The SMILES string of the molecule is CCCCCC=C[C@H]1CC[C@H](c2ccc(C#N)cc2)CC1. The first-order valence-corrected chi connectivity index (χ1v) is 8.50. The number of benzene rings is 1. The van der Waals surface area contributed by atoms with Gasteiger partial charge >= 0.3 is 0 Å². The van der Waals surface area contributed by atoms with Crippen molar-refractivity contribution in [3.63, 3.8) is 0 Å². The minimum absolute atomic E-state index is 0.697. The van der Waals surface area contributed by atoms with Crippen molar-refractivity contribution in [1.29, 1.82) is 5.26 Å². The fourth-order valence-electron chi connectivity index (χ4n) is 3.28. The molecule has 1 saturated carbocycles. The molecule has 0 N–H and O–H groups in total. The second-order valence-corrected chi connectivity index (χ2v) is 6.27. The molecule has 0 radical (unpaired) electrons. The maximum absolute atomic E-state index is 8.85. The van der Waals surface area contributed by atoms with Gasteiger partial charge in [0.2, 0.25) is 0 Å². The zero-order valence-corrected chi connectivity index (χ0v) is 13.2. The van der Waals surface area contributed by atoms with E-state index in [0.717, 1.165) is 11.5 Å². The summed E-state index contributed by atoms with van der Waals surface area (Å²) in [7, 11) is 0. The Labute approximate surface area is 129 Å². The molecule has 0 atom stereocenters. The highest BCUT2D eigenvalue weighted by Gasteiger charge is 2.20. The lowest BCUT2D eigenvalue weighted by Crippen LogP contribution is -2.11. The van der Waals surface area contributed by atoms with Gasteiger partial charge < -0.3 is 0 Å². The van der Waals surface area contributed by atoms with E-state index in [1.165, 1.54) is 56.9 Å². The predicted molar refractivity (Wildman–Crippen MR) is 89.1 cm³/mol. The van der Waals surface area contributed by atoms with Gasteiger partial charge in [0.25, 0.3) is 0 Å². The highest BCUT2D eigenvalue weighted by atomic mass is 14.3. The molecule has 0 aromatic heterocycles. The third kappa shape index (κ3) is 5.05. The zero-order valence-electron chi connectivity index (χ0n) is 13.2. The van der Waals surface area contributed by atoms with Gasteiger partial charge in [-0.1, -0.05) is 44.1 Å². The molecule has 1 aromatic rings. The molecule has 0 spiro atoms. The van der Waals surface area contributed by atoms with Gasteiger partial charge in [0.05, 0.1) is 11.6 Å². The molecule has 1 fully saturated rings. The Kier molecular flexibility index (Phi) is 6.54. The molecule has 112 valence electrons. The minimum Gasteiger partial charge on any atom is -0.192 e. The lowest BCUT2D eigenvalue weighted by atomic mass is 9.78. The van der Waals surface area contributed by atoms with Gasteiger partial charge in [0.15, 0.2) is 0 Å². The number of nitrogens with zero attached hydrogens (tertiary/aromatic N) is 1. The van der Waals surface area contributed by atoms with E-state index in [4.69, 9.17) is 5.26 Å². The van der Waals surface area contributed by atoms with Crippen LogP contribution in [0.4, 0.5) is 0 Å². The number of unbranched alkanes of at least 4 members (excludes halogenated alkanes) is 3. The Balaban J connectivity index is 1.76. The molecule has 1 nitrogen and oxygen atoms in total. The predicted octanol–water partition coefficient (Wildman–Crippen LogP) is 5.97. The van der Waals surface area contributed by atoms with Gasteiger partial charge in [-0.3, -0.25) is 0 Å². The van der Waals surface area contributed by atoms with Crippen LogP contribution in [0.3, 0.4) is 0 Å². The van der Waals surface area contributed by atoms with Crippen molar-refractivity contribution in [3.8, 4) is 6.07 Å². The lowest BCUT2D eigenvalue weighted by Gasteiger charge is -2.27. The Hall–Kier alpha value is -1.55. The number of allylic oxidation sites excluding steroid dienone is 2. The van der Waals surface area contributed by atoms with Crippen LogP contribution in [0.2, 0.25) is 0 Å². The fourth-order valence-corrected chi connectivity index (χ4v) is 3.28. The number of nitriles is 1. The highest BCUT2D eigenvalue weighted by molar-refractivity contribution is 5.33. The molecule has 21 heavy (non-hydrogen) atoms. The monoisotopic (exact) mass is 281 g/mol. The summed E-state index contributed by atoms with van der Waals surface area (Å²) in [6.45, 7) is 2.26. The van der Waals surface area contributed by atoms with Crippen LogP contribution in [0.25, 0.3) is 0 Å². The molecule has 1 aliphatic rings. The van der Waals surface area contributed by atoms with Crippen LogP contribution >= 0.6 is 0 Å². The van der Waals surface area contributed by atoms with Gasteiger partial charge in [0.1, 0.15) is 0 Å². The molecular weight excluding hydrogens is 254 g/mol. The van der Waals surface area contributed by atoms with Gasteiger partial charge in [-0.05, 0) is 68.1 Å². The number of hydrogen-bond donors (Lipinski definition) is 0. The Bertz CT molecular complexity index is 470. The van der Waals surface area contributed by atoms with Gasteiger partial charge in [-0.2, -0.15) is 5.26 Å². The van der Waals surface area contributed by atoms with Crippen LogP contribution in [0.15, 0.2) is 36.4 Å². The van der Waals surface area contributed by atoms with Crippen LogP contribution in [-0.2, 0) is 0 Å². The second-order valence-electron chi connectivity index (χ2n) is 6.27. The molecule has 1 heteroatoms. The maximum atomic E-state index is 8.85. The van der Waals surface area contributed by atoms with Gasteiger partial charge in [-0.25, -0.2) is 0 Å². The zero-order chi connectivity index (χ0) is 14.9. The Morgan fingerprint density at radius 2 is 1.81 bits per heavy atom. The van der Waals surface area contributed by atoms with Crippen molar-refractivity contribution in [3.05, 3.63) is 47.5 Å². The summed E-state index contributed by atoms with van der Waals surface area (Å²) in [5.74, 6) is 1.49. The highest BCUT2D eigenvalue weighted by Crippen LogP contribution is 2.36. The van der Waals surface area contributed by atoms with Gasteiger partial charge in [0, 0.05) is 0 Å². The molecule has 0 unspecified atom stereocenters. The van der Waals surface area contributed by atoms with E-state index in [2.05, 4.69) is 37.3 Å². The molecule has 0 heterocycles. The summed E-state index contributed by atoms with van der Waals surface area (Å²) < 4.78 is 0. The average Bonchev–Trinajstić information content (AvgIpc) is 2.55. The third-order valence-corrected chi connectivity index (χ3v) is 4.67. The summed E-state index contributed by atoms with van der Waals surface area (Å²) in [5, 5.41) is 8.85. The topological polar surface area (TPSA) is 23.8 Å². The molecule has 0 bridgehead atoms. The average molecular weight is 281 g/mol. The van der Waals surface area contributed by atoms with Crippen LogP contribution in [0.5, 0.6) is 0 Å². The lowest BCUT2D eigenvalue weighted by molar-refractivity contribution is 0.375. The summed E-state index contributed by atoms with van der Waals surface area (Å²) in [6, 6.07) is 10.4. The van der Waals surface area contributed by atoms with Crippen LogP contribution in [-0.4, -0.2) is 0 Å². The first-order valence-electron chi connectivity index (χ1n) is 8.50. The summed E-state index contributed by atoms with van der Waals surface area (Å²) in [5.41, 5.74) is 2.18. The third-order valence-electron chi connectivity index (χ3n) is 4.67. The molecule has 0 aliphatic heterocycles. The van der Waals surface area contributed by atoms with E-state index < -0.39 is 0 Å². The molecule has 0 amide bonds. The first kappa shape index (κ1) is 15.8. The second kappa shape index (κ2) is 8.67. The molecule has 0 saturated heterocycles. The smallest absolute Gasteiger partial charge is 0.0991 e. The van der Waals surface area contributed by atoms with Crippen molar-refractivity contribution in [1.82, 2.24) is 0 Å². The molecular formula is C20H27N. The molecule has 1 aliphatic carbocycles. The standard InChI is InChI=1S/C20H27N/c1-2-3-4-5-6-7-17-8-12-19(13-9-17)20-14-10-18(16-21)11-15-20/h6-7,10-11,14-15,17,19H,2-5,8-9,12-13H2,1H3/t17-,19-. The van der Waals surface area contributed by atoms with E-state index >= 15 is 0 Å². The maximum Gasteiger partial charge on any atom is 0.0991 e. The quantitative estimate of drug-likeness (QED) is 0.465. The largest absolute Gasteiger partial charge is 0.192 e. The minimum atomic E-state index is 0.697. The molecule has 2 rings (SSSR count).